The number of nitrogens with zero attached hydrogens (tertiary/aromatic N) is 2. The Bertz CT molecular complexity index is 788. The van der Waals surface area contributed by atoms with Crippen molar-refractivity contribution < 1.29 is 23.1 Å². The summed E-state index contributed by atoms with van der Waals surface area (Å²) in [6.07, 6.45) is 2.32. The number of carbonyl (C=O) groups excluding carboxylic acids is 1. The highest BCUT2D eigenvalue weighted by atomic mass is 32.2. The summed E-state index contributed by atoms with van der Waals surface area (Å²) in [6.45, 7) is 2.16. The Morgan fingerprint density at radius 1 is 1.36 bits per heavy atom. The molecule has 3 rings (SSSR count). The quantitative estimate of drug-likeness (QED) is 0.824. The largest absolute Gasteiger partial charge is 0.481 e. The number of carbonyl (C=O) groups is 2. The topological polar surface area (TPSA) is 95.0 Å². The fraction of sp³-hybridized carbons (Fsp3) is 0.529. The number of carboxylic acids is 1. The minimum Gasteiger partial charge on any atom is -0.481 e. The molecule has 2 fully saturated rings. The molecule has 7 nitrogen and oxygen atoms in total. The molecule has 1 amide bonds. The van der Waals surface area contributed by atoms with Gasteiger partial charge in [-0.2, -0.15) is 0 Å². The number of carboxylic acid groups (broad SMARTS) is 1. The molecule has 25 heavy (non-hydrogen) atoms. The van der Waals surface area contributed by atoms with Crippen LogP contribution in [0.1, 0.15) is 36.5 Å². The Morgan fingerprint density at radius 2 is 2.08 bits per heavy atom. The molecule has 8 heteroatoms. The molecule has 1 aromatic carbocycles. The molecule has 0 spiro atoms. The van der Waals surface area contributed by atoms with Crippen LogP contribution < -0.4 is 4.31 Å². The smallest absolute Gasteiger partial charge is 0.308 e. The molecule has 1 heterocycles. The second-order valence-electron chi connectivity index (χ2n) is 6.72. The number of aliphatic carboxylic acids is 1. The number of hydrogen-bond donors (Lipinski definition) is 1. The van der Waals surface area contributed by atoms with Gasteiger partial charge in [0.25, 0.3) is 5.91 Å². The van der Waals surface area contributed by atoms with Crippen molar-refractivity contribution in [3.05, 3.63) is 29.8 Å². The van der Waals surface area contributed by atoms with E-state index in [4.69, 9.17) is 5.11 Å². The highest BCUT2D eigenvalue weighted by Gasteiger charge is 2.35. The summed E-state index contributed by atoms with van der Waals surface area (Å²) >= 11 is 0. The molecule has 1 saturated carbocycles. The number of benzene rings is 1. The molecule has 1 N–H and O–H groups in total. The Kier molecular flexibility index (Phi) is 4.73. The highest BCUT2D eigenvalue weighted by Crippen LogP contribution is 2.30. The monoisotopic (exact) mass is 366 g/mol. The van der Waals surface area contributed by atoms with E-state index in [1.165, 1.54) is 4.31 Å². The van der Waals surface area contributed by atoms with Crippen LogP contribution in [0, 0.1) is 5.92 Å². The molecule has 1 saturated heterocycles. The van der Waals surface area contributed by atoms with Gasteiger partial charge >= 0.3 is 5.97 Å². The number of hydrogen-bond acceptors (Lipinski definition) is 4. The lowest BCUT2D eigenvalue weighted by atomic mass is 10.1. The third kappa shape index (κ3) is 3.78. The maximum atomic E-state index is 12.9. The van der Waals surface area contributed by atoms with Gasteiger partial charge in [0.05, 0.1) is 17.4 Å². The third-order valence-electron chi connectivity index (χ3n) is 4.62. The van der Waals surface area contributed by atoms with Crippen LogP contribution in [0.5, 0.6) is 0 Å². The van der Waals surface area contributed by atoms with Gasteiger partial charge in [0.1, 0.15) is 0 Å². The lowest BCUT2D eigenvalue weighted by Crippen LogP contribution is -2.38. The van der Waals surface area contributed by atoms with Gasteiger partial charge in [-0.25, -0.2) is 8.42 Å². The summed E-state index contributed by atoms with van der Waals surface area (Å²) in [6, 6.07) is 6.67. The average molecular weight is 366 g/mol. The van der Waals surface area contributed by atoms with E-state index in [0.717, 1.165) is 12.8 Å². The van der Waals surface area contributed by atoms with Crippen molar-refractivity contribution in [3.63, 3.8) is 0 Å². The molecule has 1 aliphatic carbocycles. The molecule has 1 aliphatic heterocycles. The molecule has 1 atom stereocenters. The molecule has 0 radical (unpaired) electrons. The molecule has 1 aromatic rings. The van der Waals surface area contributed by atoms with E-state index < -0.39 is 21.9 Å². The van der Waals surface area contributed by atoms with Crippen LogP contribution >= 0.6 is 0 Å². The lowest BCUT2D eigenvalue weighted by molar-refractivity contribution is -0.141. The van der Waals surface area contributed by atoms with E-state index in [0.29, 0.717) is 24.2 Å². The van der Waals surface area contributed by atoms with E-state index in [1.54, 1.807) is 36.1 Å². The van der Waals surface area contributed by atoms with Crippen LogP contribution in [-0.2, 0) is 14.8 Å². The predicted octanol–water partition coefficient (Wildman–Crippen LogP) is 1.55. The summed E-state index contributed by atoms with van der Waals surface area (Å²) in [5.74, 6) is -1.70. The summed E-state index contributed by atoms with van der Waals surface area (Å²) in [5, 5.41) is 9.12. The van der Waals surface area contributed by atoms with Gasteiger partial charge in [-0.1, -0.05) is 13.0 Å². The zero-order valence-corrected chi connectivity index (χ0v) is 14.9. The predicted molar refractivity (Wildman–Crippen MR) is 93.1 cm³/mol. The molecular weight excluding hydrogens is 344 g/mol. The van der Waals surface area contributed by atoms with Crippen molar-refractivity contribution in [3.8, 4) is 0 Å². The van der Waals surface area contributed by atoms with E-state index in [1.807, 2.05) is 0 Å². The Hall–Kier alpha value is -2.09. The summed E-state index contributed by atoms with van der Waals surface area (Å²) in [4.78, 5) is 25.6. The Morgan fingerprint density at radius 3 is 2.64 bits per heavy atom. The maximum Gasteiger partial charge on any atom is 0.308 e. The third-order valence-corrected chi connectivity index (χ3v) is 6.49. The second-order valence-corrected chi connectivity index (χ2v) is 8.73. The van der Waals surface area contributed by atoms with E-state index in [2.05, 4.69) is 0 Å². The van der Waals surface area contributed by atoms with Gasteiger partial charge < -0.3 is 10.0 Å². The van der Waals surface area contributed by atoms with Crippen LogP contribution in [0.2, 0.25) is 0 Å². The number of sulfonamides is 1. The first-order valence-corrected chi connectivity index (χ1v) is 10.0. The summed E-state index contributed by atoms with van der Waals surface area (Å²) < 4.78 is 25.5. The number of anilines is 1. The maximum absolute atomic E-state index is 12.9. The van der Waals surface area contributed by atoms with E-state index >= 15 is 0 Å². The normalized spacial score (nSPS) is 20.3. The lowest BCUT2D eigenvalue weighted by Gasteiger charge is -2.25. The van der Waals surface area contributed by atoms with Crippen LogP contribution in [0.3, 0.4) is 0 Å². The van der Waals surface area contributed by atoms with Crippen molar-refractivity contribution in [1.82, 2.24) is 4.90 Å². The fourth-order valence-electron chi connectivity index (χ4n) is 3.05. The number of amides is 1. The van der Waals surface area contributed by atoms with Crippen molar-refractivity contribution in [2.24, 2.45) is 5.92 Å². The van der Waals surface area contributed by atoms with Crippen LogP contribution in [0.25, 0.3) is 0 Å². The summed E-state index contributed by atoms with van der Waals surface area (Å²) in [5.41, 5.74) is 0.884. The Labute approximate surface area is 147 Å². The van der Waals surface area contributed by atoms with Gasteiger partial charge in [0.2, 0.25) is 10.0 Å². The number of rotatable bonds is 6. The van der Waals surface area contributed by atoms with Gasteiger partial charge in [0, 0.05) is 24.7 Å². The molecule has 1 unspecified atom stereocenters. The highest BCUT2D eigenvalue weighted by molar-refractivity contribution is 7.93. The average Bonchev–Trinajstić information content (AvgIpc) is 3.34. The summed E-state index contributed by atoms with van der Waals surface area (Å²) in [7, 11) is -3.31. The van der Waals surface area contributed by atoms with Crippen molar-refractivity contribution in [2.75, 3.05) is 23.1 Å². The molecule has 0 bridgehead atoms. The van der Waals surface area contributed by atoms with E-state index in [9.17, 15) is 18.0 Å². The molecule has 0 aromatic heterocycles. The van der Waals surface area contributed by atoms with Gasteiger partial charge in [-0.3, -0.25) is 13.9 Å². The standard InChI is InChI=1S/C17H22N2O5S/c1-12(17(21)22)11-18(14-6-7-14)16(20)13-4-2-5-15(10-13)19-8-3-9-25(19,23)24/h2,4-5,10,12,14H,3,6-9,11H2,1H3,(H,21,22). The van der Waals surface area contributed by atoms with Crippen molar-refractivity contribution in [1.29, 1.82) is 0 Å². The first-order chi connectivity index (χ1) is 11.8. The van der Waals surface area contributed by atoms with Crippen molar-refractivity contribution in [2.45, 2.75) is 32.2 Å². The first kappa shape index (κ1) is 17.7. The van der Waals surface area contributed by atoms with Gasteiger partial charge in [0.15, 0.2) is 0 Å². The minimum absolute atomic E-state index is 0.0773. The Balaban J connectivity index is 1.84. The second kappa shape index (κ2) is 6.67. The van der Waals surface area contributed by atoms with Gasteiger partial charge in [-0.15, -0.1) is 0 Å². The first-order valence-electron chi connectivity index (χ1n) is 8.44. The van der Waals surface area contributed by atoms with Crippen LogP contribution in [0.4, 0.5) is 5.69 Å². The van der Waals surface area contributed by atoms with Gasteiger partial charge in [-0.05, 0) is 37.5 Å². The molecule has 2 aliphatic rings. The molecular formula is C17H22N2O5S. The SMILES string of the molecule is CC(CN(C(=O)c1cccc(N2CCCS2(=O)=O)c1)C1CC1)C(=O)O. The van der Waals surface area contributed by atoms with Crippen molar-refractivity contribution >= 4 is 27.6 Å². The van der Waals surface area contributed by atoms with Crippen LogP contribution in [0.15, 0.2) is 24.3 Å². The minimum atomic E-state index is -3.31. The fourth-order valence-corrected chi connectivity index (χ4v) is 4.60. The van der Waals surface area contributed by atoms with Crippen LogP contribution in [-0.4, -0.2) is 55.2 Å². The molecule has 136 valence electrons. The zero-order chi connectivity index (χ0) is 18.2. The zero-order valence-electron chi connectivity index (χ0n) is 14.1. The van der Waals surface area contributed by atoms with E-state index in [-0.39, 0.29) is 24.2 Å².